The van der Waals surface area contributed by atoms with Crippen LogP contribution >= 0.6 is 0 Å². The summed E-state index contributed by atoms with van der Waals surface area (Å²) >= 11 is 0. The third kappa shape index (κ3) is 3.09. The number of benzene rings is 1. The highest BCUT2D eigenvalue weighted by atomic mass is 19.3. The zero-order chi connectivity index (χ0) is 14.9. The predicted molar refractivity (Wildman–Crippen MR) is 64.3 cm³/mol. The first kappa shape index (κ1) is 14.8. The van der Waals surface area contributed by atoms with Crippen molar-refractivity contribution in [2.75, 3.05) is 6.54 Å². The second-order valence-corrected chi connectivity index (χ2v) is 4.87. The second kappa shape index (κ2) is 5.40. The molecular formula is C13H14F4N2O. The van der Waals surface area contributed by atoms with Crippen LogP contribution in [0.1, 0.15) is 24.9 Å². The van der Waals surface area contributed by atoms with Gasteiger partial charge in [-0.2, -0.15) is 0 Å². The maximum absolute atomic E-state index is 13.5. The van der Waals surface area contributed by atoms with E-state index < -0.39 is 48.5 Å². The standard InChI is InChI=1S/C13H14F4N2O/c1-7(8-3-2-4-9(14)11(8)15)19-12(20)10-5-13(16,17)6-18-10/h2-4,7,10,18H,5-6H2,1H3,(H,19,20)/t7-,10-/m0/s1. The van der Waals surface area contributed by atoms with Gasteiger partial charge < -0.3 is 5.32 Å². The number of alkyl halides is 2. The van der Waals surface area contributed by atoms with E-state index in [9.17, 15) is 22.4 Å². The van der Waals surface area contributed by atoms with Crippen molar-refractivity contribution in [3.8, 4) is 0 Å². The molecule has 2 atom stereocenters. The van der Waals surface area contributed by atoms with Gasteiger partial charge in [0.1, 0.15) is 0 Å². The maximum atomic E-state index is 13.5. The summed E-state index contributed by atoms with van der Waals surface area (Å²) in [4.78, 5) is 11.8. The molecule has 2 rings (SSSR count). The molecule has 0 unspecified atom stereocenters. The topological polar surface area (TPSA) is 41.1 Å². The number of hydrogen-bond acceptors (Lipinski definition) is 2. The van der Waals surface area contributed by atoms with Gasteiger partial charge in [-0.15, -0.1) is 0 Å². The Morgan fingerprint density at radius 1 is 1.45 bits per heavy atom. The van der Waals surface area contributed by atoms with Crippen molar-refractivity contribution in [2.24, 2.45) is 0 Å². The Morgan fingerprint density at radius 3 is 2.75 bits per heavy atom. The quantitative estimate of drug-likeness (QED) is 0.837. The van der Waals surface area contributed by atoms with Crippen LogP contribution in [-0.4, -0.2) is 24.4 Å². The SMILES string of the molecule is C[C@H](NC(=O)[C@@H]1CC(F)(F)CN1)c1cccc(F)c1F. The predicted octanol–water partition coefficient (Wildman–Crippen LogP) is 2.14. The van der Waals surface area contributed by atoms with Crippen LogP contribution in [0.2, 0.25) is 0 Å². The molecule has 0 saturated carbocycles. The van der Waals surface area contributed by atoms with Crippen molar-refractivity contribution in [1.82, 2.24) is 10.6 Å². The summed E-state index contributed by atoms with van der Waals surface area (Å²) in [5.74, 6) is -5.65. The lowest BCUT2D eigenvalue weighted by Crippen LogP contribution is -2.41. The Hall–Kier alpha value is -1.63. The van der Waals surface area contributed by atoms with Crippen molar-refractivity contribution >= 4 is 5.91 Å². The number of nitrogens with one attached hydrogen (secondary N) is 2. The van der Waals surface area contributed by atoms with Gasteiger partial charge in [0.25, 0.3) is 5.92 Å². The van der Waals surface area contributed by atoms with Crippen LogP contribution in [0.4, 0.5) is 17.6 Å². The lowest BCUT2D eigenvalue weighted by Gasteiger charge is -2.18. The number of carbonyl (C=O) groups excluding carboxylic acids is 1. The average molecular weight is 290 g/mol. The molecule has 20 heavy (non-hydrogen) atoms. The zero-order valence-corrected chi connectivity index (χ0v) is 10.7. The molecule has 0 aromatic heterocycles. The summed E-state index contributed by atoms with van der Waals surface area (Å²) in [6.45, 7) is 0.899. The highest BCUT2D eigenvalue weighted by Gasteiger charge is 2.42. The van der Waals surface area contributed by atoms with Gasteiger partial charge in [0, 0.05) is 12.0 Å². The van der Waals surface area contributed by atoms with Crippen LogP contribution in [0.25, 0.3) is 0 Å². The molecule has 0 aliphatic carbocycles. The van der Waals surface area contributed by atoms with Gasteiger partial charge in [-0.3, -0.25) is 10.1 Å². The molecule has 1 aromatic rings. The van der Waals surface area contributed by atoms with Gasteiger partial charge >= 0.3 is 0 Å². The van der Waals surface area contributed by atoms with Gasteiger partial charge in [-0.1, -0.05) is 12.1 Å². The molecule has 3 nitrogen and oxygen atoms in total. The lowest BCUT2D eigenvalue weighted by molar-refractivity contribution is -0.124. The smallest absolute Gasteiger partial charge is 0.262 e. The monoisotopic (exact) mass is 290 g/mol. The van der Waals surface area contributed by atoms with E-state index in [1.54, 1.807) is 0 Å². The van der Waals surface area contributed by atoms with Crippen molar-refractivity contribution in [2.45, 2.75) is 31.4 Å². The van der Waals surface area contributed by atoms with Crippen molar-refractivity contribution in [1.29, 1.82) is 0 Å². The molecule has 0 bridgehead atoms. The van der Waals surface area contributed by atoms with Crippen LogP contribution in [0.3, 0.4) is 0 Å². The Bertz CT molecular complexity index is 521. The molecule has 1 heterocycles. The molecule has 0 spiro atoms. The van der Waals surface area contributed by atoms with E-state index in [2.05, 4.69) is 10.6 Å². The Balaban J connectivity index is 2.03. The van der Waals surface area contributed by atoms with E-state index in [1.165, 1.54) is 19.1 Å². The summed E-state index contributed by atoms with van der Waals surface area (Å²) in [6, 6.07) is 1.78. The van der Waals surface area contributed by atoms with E-state index in [1.807, 2.05) is 0 Å². The number of rotatable bonds is 3. The lowest BCUT2D eigenvalue weighted by atomic mass is 10.1. The molecular weight excluding hydrogens is 276 g/mol. The molecule has 2 N–H and O–H groups in total. The zero-order valence-electron chi connectivity index (χ0n) is 10.7. The average Bonchev–Trinajstić information content (AvgIpc) is 2.73. The van der Waals surface area contributed by atoms with Crippen molar-refractivity contribution in [3.63, 3.8) is 0 Å². The molecule has 7 heteroatoms. The fourth-order valence-corrected chi connectivity index (χ4v) is 2.15. The summed E-state index contributed by atoms with van der Waals surface area (Å²) in [6.07, 6.45) is -0.600. The first-order valence-corrected chi connectivity index (χ1v) is 6.16. The van der Waals surface area contributed by atoms with Crippen LogP contribution in [0.15, 0.2) is 18.2 Å². The van der Waals surface area contributed by atoms with Crippen LogP contribution in [-0.2, 0) is 4.79 Å². The fraction of sp³-hybridized carbons (Fsp3) is 0.462. The molecule has 1 aliphatic heterocycles. The minimum Gasteiger partial charge on any atom is -0.348 e. The van der Waals surface area contributed by atoms with Gasteiger partial charge in [0.05, 0.1) is 18.6 Å². The first-order chi connectivity index (χ1) is 9.30. The van der Waals surface area contributed by atoms with Crippen molar-refractivity contribution < 1.29 is 22.4 Å². The third-order valence-corrected chi connectivity index (χ3v) is 3.23. The Morgan fingerprint density at radius 2 is 2.15 bits per heavy atom. The summed E-state index contributed by atoms with van der Waals surface area (Å²) in [7, 11) is 0. The van der Waals surface area contributed by atoms with Gasteiger partial charge in [-0.05, 0) is 13.0 Å². The highest BCUT2D eigenvalue weighted by molar-refractivity contribution is 5.82. The van der Waals surface area contributed by atoms with Gasteiger partial charge in [0.2, 0.25) is 5.91 Å². The second-order valence-electron chi connectivity index (χ2n) is 4.87. The van der Waals surface area contributed by atoms with E-state index in [4.69, 9.17) is 0 Å². The van der Waals surface area contributed by atoms with E-state index in [-0.39, 0.29) is 5.56 Å². The largest absolute Gasteiger partial charge is 0.348 e. The molecule has 0 radical (unpaired) electrons. The molecule has 1 fully saturated rings. The van der Waals surface area contributed by atoms with Crippen molar-refractivity contribution in [3.05, 3.63) is 35.4 Å². The Labute approximate surface area is 113 Å². The van der Waals surface area contributed by atoms with Crippen LogP contribution in [0, 0.1) is 11.6 Å². The molecule has 1 saturated heterocycles. The molecule has 110 valence electrons. The summed E-state index contributed by atoms with van der Waals surface area (Å²) in [5, 5.41) is 4.80. The molecule has 1 aromatic carbocycles. The van der Waals surface area contributed by atoms with E-state index in [0.717, 1.165) is 6.07 Å². The number of hydrogen-bond donors (Lipinski definition) is 2. The van der Waals surface area contributed by atoms with Crippen LogP contribution < -0.4 is 10.6 Å². The molecule has 1 amide bonds. The maximum Gasteiger partial charge on any atom is 0.262 e. The number of halogens is 4. The van der Waals surface area contributed by atoms with Crippen LogP contribution in [0.5, 0.6) is 0 Å². The number of carbonyl (C=O) groups is 1. The van der Waals surface area contributed by atoms with E-state index in [0.29, 0.717) is 0 Å². The Kier molecular flexibility index (Phi) is 3.99. The third-order valence-electron chi connectivity index (χ3n) is 3.23. The van der Waals surface area contributed by atoms with Gasteiger partial charge in [-0.25, -0.2) is 17.6 Å². The highest BCUT2D eigenvalue weighted by Crippen LogP contribution is 2.26. The summed E-state index contributed by atoms with van der Waals surface area (Å²) in [5.41, 5.74) is -0.0249. The minimum atomic E-state index is -2.92. The first-order valence-electron chi connectivity index (χ1n) is 6.16. The normalized spacial score (nSPS) is 22.6. The van der Waals surface area contributed by atoms with Gasteiger partial charge in [0.15, 0.2) is 11.6 Å². The minimum absolute atomic E-state index is 0.0249. The fourth-order valence-electron chi connectivity index (χ4n) is 2.15. The molecule has 1 aliphatic rings. The van der Waals surface area contributed by atoms with E-state index >= 15 is 0 Å². The number of amides is 1. The summed E-state index contributed by atoms with van der Waals surface area (Å²) < 4.78 is 52.6.